The Hall–Kier alpha value is -3.12. The van der Waals surface area contributed by atoms with Crippen molar-refractivity contribution in [2.75, 3.05) is 5.32 Å². The maximum atomic E-state index is 12.8. The van der Waals surface area contributed by atoms with Crippen LogP contribution in [0.1, 0.15) is 53.6 Å². The van der Waals surface area contributed by atoms with E-state index in [0.29, 0.717) is 12.1 Å². The van der Waals surface area contributed by atoms with Gasteiger partial charge in [-0.3, -0.25) is 19.3 Å². The van der Waals surface area contributed by atoms with Crippen molar-refractivity contribution in [2.45, 2.75) is 51.6 Å². The van der Waals surface area contributed by atoms with Crippen LogP contribution in [-0.2, 0) is 16.1 Å². The molecule has 0 bridgehead atoms. The molecule has 2 N–H and O–H groups in total. The molecular weight excluding hydrogens is 426 g/mol. The van der Waals surface area contributed by atoms with Crippen LogP contribution in [0.25, 0.3) is 0 Å². The smallest absolute Gasteiger partial charge is 0.278 e. The fraction of sp³-hybridized carbons (Fsp3) is 0.320. The molecule has 6 nitrogen and oxygen atoms in total. The summed E-state index contributed by atoms with van der Waals surface area (Å²) in [7, 11) is 0. The number of hydrogen-bond acceptors (Lipinski definition) is 4. The highest BCUT2D eigenvalue weighted by atomic mass is 35.5. The Kier molecular flexibility index (Phi) is 6.61. The molecule has 32 heavy (non-hydrogen) atoms. The van der Waals surface area contributed by atoms with Gasteiger partial charge in [0.1, 0.15) is 10.7 Å². The van der Waals surface area contributed by atoms with Crippen LogP contribution in [0.2, 0.25) is 0 Å². The van der Waals surface area contributed by atoms with Gasteiger partial charge >= 0.3 is 0 Å². The summed E-state index contributed by atoms with van der Waals surface area (Å²) in [6, 6.07) is 14.6. The number of rotatable bonds is 6. The molecule has 3 amide bonds. The van der Waals surface area contributed by atoms with E-state index in [-0.39, 0.29) is 28.6 Å². The van der Waals surface area contributed by atoms with E-state index < -0.39 is 5.91 Å². The fourth-order valence-electron chi connectivity index (χ4n) is 4.23. The van der Waals surface area contributed by atoms with Gasteiger partial charge in [-0.1, -0.05) is 55.1 Å². The third kappa shape index (κ3) is 4.70. The number of halogens is 1. The molecule has 4 rings (SSSR count). The van der Waals surface area contributed by atoms with Crippen LogP contribution in [0.4, 0.5) is 5.69 Å². The van der Waals surface area contributed by atoms with Gasteiger partial charge in [0, 0.05) is 23.8 Å². The summed E-state index contributed by atoms with van der Waals surface area (Å²) in [6.07, 6.45) is 4.85. The third-order valence-electron chi connectivity index (χ3n) is 5.96. The van der Waals surface area contributed by atoms with Crippen molar-refractivity contribution in [3.05, 3.63) is 76.0 Å². The van der Waals surface area contributed by atoms with E-state index in [1.807, 2.05) is 43.3 Å². The number of imide groups is 1. The van der Waals surface area contributed by atoms with Gasteiger partial charge in [-0.2, -0.15) is 0 Å². The predicted molar refractivity (Wildman–Crippen MR) is 124 cm³/mol. The van der Waals surface area contributed by atoms with E-state index in [0.717, 1.165) is 48.9 Å². The molecule has 0 atom stereocenters. The Balaban J connectivity index is 1.37. The minimum absolute atomic E-state index is 0.0466. The number of carbonyl (C=O) groups excluding carboxylic acids is 3. The number of nitrogens with one attached hydrogen (secondary N) is 2. The van der Waals surface area contributed by atoms with Gasteiger partial charge in [-0.15, -0.1) is 0 Å². The lowest BCUT2D eigenvalue weighted by Crippen LogP contribution is -2.43. The zero-order valence-electron chi connectivity index (χ0n) is 18.0. The maximum Gasteiger partial charge on any atom is 0.278 e. The number of nitrogens with zero attached hydrogens (tertiary/aromatic N) is 1. The molecule has 1 saturated carbocycles. The second kappa shape index (κ2) is 9.57. The zero-order chi connectivity index (χ0) is 22.7. The average molecular weight is 452 g/mol. The first-order valence-corrected chi connectivity index (χ1v) is 11.3. The van der Waals surface area contributed by atoms with Crippen LogP contribution in [0, 0.1) is 6.92 Å². The molecule has 7 heteroatoms. The highest BCUT2D eigenvalue weighted by molar-refractivity contribution is 6.47. The van der Waals surface area contributed by atoms with E-state index >= 15 is 0 Å². The van der Waals surface area contributed by atoms with Crippen molar-refractivity contribution in [2.24, 2.45) is 0 Å². The van der Waals surface area contributed by atoms with E-state index in [9.17, 15) is 14.4 Å². The summed E-state index contributed by atoms with van der Waals surface area (Å²) in [5.74, 6) is -0.948. The number of hydrogen-bond donors (Lipinski definition) is 2. The standard InChI is InChI=1S/C25H26ClN3O3/c1-16-6-5-7-19(14-16)28-23(30)18-12-10-17(11-13-18)15-27-22-21(26)24(31)29(25(22)32)20-8-3-2-4-9-20/h5-7,10-14,20,27H,2-4,8-9,15H2,1H3,(H,28,30). The SMILES string of the molecule is Cc1cccc(NC(=O)c2ccc(CNC3=C(Cl)C(=O)N(C4CCCCC4)C3=O)cc2)c1. The van der Waals surface area contributed by atoms with Crippen LogP contribution in [0.15, 0.2) is 59.3 Å². The van der Waals surface area contributed by atoms with E-state index in [1.165, 1.54) is 4.90 Å². The fourth-order valence-corrected chi connectivity index (χ4v) is 4.47. The second-order valence-electron chi connectivity index (χ2n) is 8.34. The van der Waals surface area contributed by atoms with Crippen molar-refractivity contribution in [3.8, 4) is 0 Å². The van der Waals surface area contributed by atoms with E-state index in [4.69, 9.17) is 11.6 Å². The lowest BCUT2D eigenvalue weighted by Gasteiger charge is -2.29. The number of amides is 3. The van der Waals surface area contributed by atoms with Crippen LogP contribution in [0.5, 0.6) is 0 Å². The molecule has 1 heterocycles. The molecule has 1 aliphatic heterocycles. The first kappa shape index (κ1) is 22.1. The van der Waals surface area contributed by atoms with Crippen molar-refractivity contribution >= 4 is 35.0 Å². The quantitative estimate of drug-likeness (QED) is 0.634. The van der Waals surface area contributed by atoms with Gasteiger partial charge in [0.25, 0.3) is 17.7 Å². The van der Waals surface area contributed by atoms with E-state index in [2.05, 4.69) is 10.6 Å². The molecule has 166 valence electrons. The van der Waals surface area contributed by atoms with Crippen molar-refractivity contribution in [1.29, 1.82) is 0 Å². The molecule has 0 saturated heterocycles. The summed E-state index contributed by atoms with van der Waals surface area (Å²) < 4.78 is 0. The number of anilines is 1. The minimum Gasteiger partial charge on any atom is -0.375 e. The predicted octanol–water partition coefficient (Wildman–Crippen LogP) is 4.49. The second-order valence-corrected chi connectivity index (χ2v) is 8.71. The molecule has 2 aromatic carbocycles. The first-order valence-electron chi connectivity index (χ1n) is 10.9. The van der Waals surface area contributed by atoms with Gasteiger partial charge < -0.3 is 10.6 Å². The molecule has 0 radical (unpaired) electrons. The molecule has 0 aromatic heterocycles. The summed E-state index contributed by atoms with van der Waals surface area (Å²) in [4.78, 5) is 39.2. The largest absolute Gasteiger partial charge is 0.375 e. The van der Waals surface area contributed by atoms with Gasteiger partial charge in [-0.05, 0) is 55.2 Å². The highest BCUT2D eigenvalue weighted by Gasteiger charge is 2.41. The summed E-state index contributed by atoms with van der Waals surface area (Å²) in [5, 5.41) is 5.86. The average Bonchev–Trinajstić information content (AvgIpc) is 3.01. The van der Waals surface area contributed by atoms with Crippen molar-refractivity contribution in [3.63, 3.8) is 0 Å². The Labute approximate surface area is 192 Å². The molecule has 2 aliphatic rings. The van der Waals surface area contributed by atoms with Crippen LogP contribution >= 0.6 is 11.6 Å². The monoisotopic (exact) mass is 451 g/mol. The lowest BCUT2D eigenvalue weighted by molar-refractivity contribution is -0.140. The Morgan fingerprint density at radius 1 is 1.03 bits per heavy atom. The van der Waals surface area contributed by atoms with E-state index in [1.54, 1.807) is 12.1 Å². The van der Waals surface area contributed by atoms with Crippen LogP contribution in [0.3, 0.4) is 0 Å². The van der Waals surface area contributed by atoms with Crippen LogP contribution < -0.4 is 10.6 Å². The summed E-state index contributed by atoms with van der Waals surface area (Å²) in [6.45, 7) is 2.29. The molecule has 0 unspecified atom stereocenters. The Morgan fingerprint density at radius 3 is 2.44 bits per heavy atom. The lowest BCUT2D eigenvalue weighted by atomic mass is 9.94. The normalized spacial score (nSPS) is 17.1. The van der Waals surface area contributed by atoms with Gasteiger partial charge in [0.2, 0.25) is 0 Å². The molecule has 1 aliphatic carbocycles. The summed E-state index contributed by atoms with van der Waals surface area (Å²) in [5.41, 5.74) is 3.37. The number of benzene rings is 2. The van der Waals surface area contributed by atoms with Crippen molar-refractivity contribution in [1.82, 2.24) is 10.2 Å². The maximum absolute atomic E-state index is 12.8. The Bertz CT molecular complexity index is 1070. The molecule has 0 spiro atoms. The Morgan fingerprint density at radius 2 is 1.75 bits per heavy atom. The number of aryl methyl sites for hydroxylation is 1. The van der Waals surface area contributed by atoms with Gasteiger partial charge in [0.15, 0.2) is 0 Å². The molecule has 1 fully saturated rings. The van der Waals surface area contributed by atoms with Crippen LogP contribution in [-0.4, -0.2) is 28.7 Å². The highest BCUT2D eigenvalue weighted by Crippen LogP contribution is 2.30. The first-order chi connectivity index (χ1) is 15.4. The molecule has 2 aromatic rings. The topological polar surface area (TPSA) is 78.5 Å². The number of carbonyl (C=O) groups is 3. The van der Waals surface area contributed by atoms with Gasteiger partial charge in [-0.25, -0.2) is 0 Å². The molecular formula is C25H26ClN3O3. The van der Waals surface area contributed by atoms with Gasteiger partial charge in [0.05, 0.1) is 0 Å². The third-order valence-corrected chi connectivity index (χ3v) is 6.31. The summed E-state index contributed by atoms with van der Waals surface area (Å²) >= 11 is 6.21. The van der Waals surface area contributed by atoms with Crippen molar-refractivity contribution < 1.29 is 14.4 Å². The minimum atomic E-state index is -0.408. The zero-order valence-corrected chi connectivity index (χ0v) is 18.7.